The van der Waals surface area contributed by atoms with Crippen molar-refractivity contribution in [1.29, 1.82) is 5.26 Å². The van der Waals surface area contributed by atoms with Gasteiger partial charge in [-0.1, -0.05) is 6.07 Å². The van der Waals surface area contributed by atoms with Gasteiger partial charge < -0.3 is 9.84 Å². The van der Waals surface area contributed by atoms with Crippen LogP contribution in [0.25, 0.3) is 0 Å². The molecule has 0 aromatic heterocycles. The maximum absolute atomic E-state index is 10.2. The van der Waals surface area contributed by atoms with Crippen LogP contribution < -0.4 is 4.74 Å². The summed E-state index contributed by atoms with van der Waals surface area (Å²) in [6.45, 7) is 0. The van der Waals surface area contributed by atoms with Crippen LogP contribution in [-0.2, 0) is 12.8 Å². The number of methoxy groups -OCH3 is 1. The average molecular weight is 217 g/mol. The molecule has 0 amide bonds. The average Bonchev–Trinajstić information content (AvgIpc) is 2.28. The number of aryl methyl sites for hydroxylation is 1. The van der Waals surface area contributed by atoms with Gasteiger partial charge in [-0.2, -0.15) is 5.26 Å². The lowest BCUT2D eigenvalue weighted by atomic mass is 9.79. The minimum atomic E-state index is -0.853. The van der Waals surface area contributed by atoms with Crippen molar-refractivity contribution >= 4 is 0 Å². The van der Waals surface area contributed by atoms with Crippen LogP contribution in [0.2, 0.25) is 0 Å². The van der Waals surface area contributed by atoms with Crippen molar-refractivity contribution in [2.75, 3.05) is 7.11 Å². The quantitative estimate of drug-likeness (QED) is 0.822. The third-order valence-corrected chi connectivity index (χ3v) is 3.20. The van der Waals surface area contributed by atoms with Gasteiger partial charge in [0, 0.05) is 6.42 Å². The Morgan fingerprint density at radius 3 is 3.00 bits per heavy atom. The fourth-order valence-corrected chi connectivity index (χ4v) is 2.25. The Morgan fingerprint density at radius 1 is 1.50 bits per heavy atom. The summed E-state index contributed by atoms with van der Waals surface area (Å²) < 4.78 is 5.16. The van der Waals surface area contributed by atoms with E-state index in [1.54, 1.807) is 7.11 Å². The van der Waals surface area contributed by atoms with E-state index >= 15 is 0 Å². The summed E-state index contributed by atoms with van der Waals surface area (Å²) in [6, 6.07) is 7.99. The first-order chi connectivity index (χ1) is 7.67. The lowest BCUT2D eigenvalue weighted by Crippen LogP contribution is -2.35. The maximum atomic E-state index is 10.2. The topological polar surface area (TPSA) is 53.2 Å². The van der Waals surface area contributed by atoms with Gasteiger partial charge in [0.1, 0.15) is 5.75 Å². The van der Waals surface area contributed by atoms with E-state index in [1.165, 1.54) is 5.56 Å². The molecule has 0 heterocycles. The molecule has 0 bridgehead atoms. The molecule has 1 aromatic carbocycles. The van der Waals surface area contributed by atoms with E-state index in [4.69, 9.17) is 10.00 Å². The number of nitriles is 1. The molecule has 1 atom stereocenters. The second-order valence-corrected chi connectivity index (χ2v) is 4.37. The molecular formula is C13H15NO2. The largest absolute Gasteiger partial charge is 0.497 e. The first-order valence-corrected chi connectivity index (χ1v) is 5.42. The van der Waals surface area contributed by atoms with E-state index in [1.807, 2.05) is 18.2 Å². The molecule has 84 valence electrons. The van der Waals surface area contributed by atoms with Gasteiger partial charge in [-0.25, -0.2) is 0 Å². The highest BCUT2D eigenvalue weighted by Crippen LogP contribution is 2.32. The monoisotopic (exact) mass is 217 g/mol. The Hall–Kier alpha value is -1.53. The summed E-state index contributed by atoms with van der Waals surface area (Å²) in [5, 5.41) is 18.9. The summed E-state index contributed by atoms with van der Waals surface area (Å²) in [6.07, 6.45) is 2.24. The van der Waals surface area contributed by atoms with Crippen molar-refractivity contribution in [2.24, 2.45) is 0 Å². The van der Waals surface area contributed by atoms with Gasteiger partial charge in [-0.3, -0.25) is 0 Å². The molecule has 1 aromatic rings. The molecule has 1 aliphatic rings. The Kier molecular flexibility index (Phi) is 2.84. The molecule has 0 saturated carbocycles. The highest BCUT2D eigenvalue weighted by atomic mass is 16.5. The SMILES string of the molecule is COc1ccc2c(c1)CC(O)(CC#N)CC2. The van der Waals surface area contributed by atoms with E-state index in [2.05, 4.69) is 6.07 Å². The van der Waals surface area contributed by atoms with Crippen molar-refractivity contribution < 1.29 is 9.84 Å². The van der Waals surface area contributed by atoms with E-state index < -0.39 is 5.60 Å². The van der Waals surface area contributed by atoms with Crippen molar-refractivity contribution in [3.05, 3.63) is 29.3 Å². The molecule has 0 spiro atoms. The smallest absolute Gasteiger partial charge is 0.119 e. The van der Waals surface area contributed by atoms with Gasteiger partial charge >= 0.3 is 0 Å². The van der Waals surface area contributed by atoms with Crippen LogP contribution in [0.1, 0.15) is 24.0 Å². The van der Waals surface area contributed by atoms with Crippen LogP contribution in [0.4, 0.5) is 0 Å². The molecule has 2 rings (SSSR count). The molecule has 0 radical (unpaired) electrons. The van der Waals surface area contributed by atoms with Crippen LogP contribution in [0.3, 0.4) is 0 Å². The summed E-state index contributed by atoms with van der Waals surface area (Å²) >= 11 is 0. The van der Waals surface area contributed by atoms with E-state index in [0.717, 1.165) is 17.7 Å². The third-order valence-electron chi connectivity index (χ3n) is 3.20. The Balaban J connectivity index is 2.28. The summed E-state index contributed by atoms with van der Waals surface area (Å²) in [7, 11) is 1.63. The number of aliphatic hydroxyl groups is 1. The number of rotatable bonds is 2. The zero-order valence-electron chi connectivity index (χ0n) is 9.36. The molecule has 0 fully saturated rings. The normalized spacial score (nSPS) is 23.3. The van der Waals surface area contributed by atoms with Crippen molar-refractivity contribution in [2.45, 2.75) is 31.3 Å². The van der Waals surface area contributed by atoms with Crippen LogP contribution in [0, 0.1) is 11.3 Å². The van der Waals surface area contributed by atoms with Crippen LogP contribution in [0.15, 0.2) is 18.2 Å². The molecule has 1 N–H and O–H groups in total. The van der Waals surface area contributed by atoms with Crippen LogP contribution in [-0.4, -0.2) is 17.8 Å². The van der Waals surface area contributed by atoms with Gasteiger partial charge in [0.05, 0.1) is 25.2 Å². The predicted octanol–water partition coefficient (Wildman–Crippen LogP) is 1.83. The Morgan fingerprint density at radius 2 is 2.31 bits per heavy atom. The number of nitrogens with zero attached hydrogens (tertiary/aromatic N) is 1. The number of hydrogen-bond acceptors (Lipinski definition) is 3. The number of benzene rings is 1. The molecular weight excluding hydrogens is 202 g/mol. The molecule has 0 aliphatic heterocycles. The molecule has 1 unspecified atom stereocenters. The summed E-state index contributed by atoms with van der Waals surface area (Å²) in [5.74, 6) is 0.806. The van der Waals surface area contributed by atoms with Crippen molar-refractivity contribution in [1.82, 2.24) is 0 Å². The molecule has 3 nitrogen and oxygen atoms in total. The second-order valence-electron chi connectivity index (χ2n) is 4.37. The third kappa shape index (κ3) is 2.02. The fraction of sp³-hybridized carbons (Fsp3) is 0.462. The highest BCUT2D eigenvalue weighted by Gasteiger charge is 2.31. The molecule has 3 heteroatoms. The zero-order valence-corrected chi connectivity index (χ0v) is 9.36. The van der Waals surface area contributed by atoms with Gasteiger partial charge in [-0.15, -0.1) is 0 Å². The standard InChI is InChI=1S/C13H15NO2/c1-16-12-3-2-10-4-5-13(15,6-7-14)9-11(10)8-12/h2-3,8,15H,4-6,9H2,1H3. The van der Waals surface area contributed by atoms with E-state index in [-0.39, 0.29) is 6.42 Å². The molecule has 0 saturated heterocycles. The van der Waals surface area contributed by atoms with Gasteiger partial charge in [0.2, 0.25) is 0 Å². The lowest BCUT2D eigenvalue weighted by Gasteiger charge is -2.31. The summed E-state index contributed by atoms with van der Waals surface area (Å²) in [5.41, 5.74) is 1.50. The van der Waals surface area contributed by atoms with E-state index in [9.17, 15) is 5.11 Å². The Labute approximate surface area is 95.3 Å². The first-order valence-electron chi connectivity index (χ1n) is 5.42. The van der Waals surface area contributed by atoms with Gasteiger partial charge in [0.25, 0.3) is 0 Å². The lowest BCUT2D eigenvalue weighted by molar-refractivity contribution is 0.0310. The van der Waals surface area contributed by atoms with Gasteiger partial charge in [-0.05, 0) is 36.1 Å². The predicted molar refractivity (Wildman–Crippen MR) is 60.2 cm³/mol. The second kappa shape index (κ2) is 4.15. The number of hydrogen-bond donors (Lipinski definition) is 1. The molecule has 1 aliphatic carbocycles. The fourth-order valence-electron chi connectivity index (χ4n) is 2.25. The number of fused-ring (bicyclic) bond motifs is 1. The first kappa shape index (κ1) is 11.0. The Bertz CT molecular complexity index is 436. The van der Waals surface area contributed by atoms with Crippen LogP contribution in [0.5, 0.6) is 5.75 Å². The minimum absolute atomic E-state index is 0.198. The highest BCUT2D eigenvalue weighted by molar-refractivity contribution is 5.38. The van der Waals surface area contributed by atoms with E-state index in [0.29, 0.717) is 12.8 Å². The maximum Gasteiger partial charge on any atom is 0.119 e. The van der Waals surface area contributed by atoms with Crippen molar-refractivity contribution in [3.63, 3.8) is 0 Å². The molecule has 16 heavy (non-hydrogen) atoms. The van der Waals surface area contributed by atoms with Gasteiger partial charge in [0.15, 0.2) is 0 Å². The zero-order chi connectivity index (χ0) is 11.6. The van der Waals surface area contributed by atoms with Crippen molar-refractivity contribution in [3.8, 4) is 11.8 Å². The van der Waals surface area contributed by atoms with Crippen LogP contribution >= 0.6 is 0 Å². The summed E-state index contributed by atoms with van der Waals surface area (Å²) in [4.78, 5) is 0. The minimum Gasteiger partial charge on any atom is -0.497 e. The number of ether oxygens (including phenoxy) is 1.